The Labute approximate surface area is 93.9 Å². The molecule has 0 saturated carbocycles. The zero-order valence-corrected chi connectivity index (χ0v) is 10.6. The molecule has 0 radical (unpaired) electrons. The molecule has 1 unspecified atom stereocenters. The summed E-state index contributed by atoms with van der Waals surface area (Å²) in [6.45, 7) is 9.13. The van der Waals surface area contributed by atoms with Gasteiger partial charge in [0.2, 0.25) is 0 Å². The van der Waals surface area contributed by atoms with Crippen LogP contribution in [0.4, 0.5) is 0 Å². The van der Waals surface area contributed by atoms with E-state index >= 15 is 0 Å². The van der Waals surface area contributed by atoms with Crippen LogP contribution >= 0.6 is 0 Å². The van der Waals surface area contributed by atoms with Gasteiger partial charge in [0.25, 0.3) is 0 Å². The molecule has 1 fully saturated rings. The molecule has 0 aromatic carbocycles. The molecule has 1 atom stereocenters. The minimum Gasteiger partial charge on any atom is -0.389 e. The van der Waals surface area contributed by atoms with Crippen LogP contribution in [0.5, 0.6) is 0 Å². The van der Waals surface area contributed by atoms with Gasteiger partial charge in [-0.05, 0) is 45.8 Å². The molecule has 0 aromatic rings. The van der Waals surface area contributed by atoms with E-state index in [9.17, 15) is 5.11 Å². The van der Waals surface area contributed by atoms with E-state index in [1.807, 2.05) is 14.0 Å². The average molecular weight is 214 g/mol. The molecule has 0 bridgehead atoms. The maximum absolute atomic E-state index is 10.2. The van der Waals surface area contributed by atoms with Crippen molar-refractivity contribution in [2.45, 2.75) is 45.3 Å². The molecule has 90 valence electrons. The van der Waals surface area contributed by atoms with Gasteiger partial charge in [-0.1, -0.05) is 13.8 Å². The second-order valence-corrected chi connectivity index (χ2v) is 5.35. The van der Waals surface area contributed by atoms with Crippen molar-refractivity contribution >= 4 is 0 Å². The van der Waals surface area contributed by atoms with Crippen molar-refractivity contribution in [1.82, 2.24) is 10.2 Å². The minimum absolute atomic E-state index is 0.319. The van der Waals surface area contributed by atoms with Crippen molar-refractivity contribution in [2.24, 2.45) is 5.92 Å². The molecule has 3 heteroatoms. The Bertz CT molecular complexity index is 184. The fourth-order valence-corrected chi connectivity index (χ4v) is 2.02. The summed E-state index contributed by atoms with van der Waals surface area (Å²) in [5, 5.41) is 13.5. The molecule has 15 heavy (non-hydrogen) atoms. The Kier molecular flexibility index (Phi) is 4.56. The molecule has 1 heterocycles. The van der Waals surface area contributed by atoms with Gasteiger partial charge >= 0.3 is 0 Å². The second-order valence-electron chi connectivity index (χ2n) is 5.35. The summed E-state index contributed by atoms with van der Waals surface area (Å²) in [6, 6.07) is 0.672. The summed E-state index contributed by atoms with van der Waals surface area (Å²) < 4.78 is 0. The van der Waals surface area contributed by atoms with Crippen LogP contribution in [0.3, 0.4) is 0 Å². The molecule has 2 N–H and O–H groups in total. The number of rotatable bonds is 4. The first-order chi connectivity index (χ1) is 6.95. The normalized spacial score (nSPS) is 24.4. The van der Waals surface area contributed by atoms with E-state index < -0.39 is 5.60 Å². The van der Waals surface area contributed by atoms with Crippen LogP contribution in [0.15, 0.2) is 0 Å². The molecular formula is C12H26N2O. The van der Waals surface area contributed by atoms with Gasteiger partial charge in [-0.2, -0.15) is 0 Å². The van der Waals surface area contributed by atoms with Gasteiger partial charge in [0.1, 0.15) is 0 Å². The molecule has 1 saturated heterocycles. The maximum atomic E-state index is 10.2. The number of aliphatic hydroxyl groups is 1. The number of hydrogen-bond donors (Lipinski definition) is 2. The van der Waals surface area contributed by atoms with Crippen molar-refractivity contribution in [3.8, 4) is 0 Å². The lowest BCUT2D eigenvalue weighted by Gasteiger charge is -2.38. The van der Waals surface area contributed by atoms with Gasteiger partial charge in [-0.15, -0.1) is 0 Å². The first-order valence-electron chi connectivity index (χ1n) is 6.07. The molecule has 1 aliphatic heterocycles. The van der Waals surface area contributed by atoms with Crippen LogP contribution in [0.1, 0.15) is 33.6 Å². The molecule has 0 amide bonds. The number of likely N-dealkylation sites (tertiary alicyclic amines) is 1. The number of piperidine rings is 1. The predicted octanol–water partition coefficient (Wildman–Crippen LogP) is 1.08. The second kappa shape index (κ2) is 5.28. The fourth-order valence-electron chi connectivity index (χ4n) is 2.02. The first kappa shape index (κ1) is 12.9. The predicted molar refractivity (Wildman–Crippen MR) is 64.0 cm³/mol. The highest BCUT2D eigenvalue weighted by molar-refractivity contribution is 4.84. The SMILES string of the molecule is CNC1CCN(CC(C)(O)C(C)C)CC1. The summed E-state index contributed by atoms with van der Waals surface area (Å²) in [7, 11) is 2.03. The van der Waals surface area contributed by atoms with Crippen LogP contribution < -0.4 is 5.32 Å². The van der Waals surface area contributed by atoms with Crippen molar-refractivity contribution in [1.29, 1.82) is 0 Å². The summed E-state index contributed by atoms with van der Waals surface area (Å²) in [5.41, 5.74) is -0.549. The van der Waals surface area contributed by atoms with Gasteiger partial charge in [-0.3, -0.25) is 0 Å². The molecule has 1 aliphatic rings. The van der Waals surface area contributed by atoms with Crippen molar-refractivity contribution in [3.63, 3.8) is 0 Å². The zero-order valence-electron chi connectivity index (χ0n) is 10.6. The highest BCUT2D eigenvalue weighted by Gasteiger charge is 2.29. The van der Waals surface area contributed by atoms with Gasteiger partial charge < -0.3 is 15.3 Å². The smallest absolute Gasteiger partial charge is 0.0768 e. The lowest BCUT2D eigenvalue weighted by atomic mass is 9.91. The topological polar surface area (TPSA) is 35.5 Å². The quantitative estimate of drug-likeness (QED) is 0.735. The van der Waals surface area contributed by atoms with E-state index in [0.29, 0.717) is 12.0 Å². The third-order valence-corrected chi connectivity index (χ3v) is 3.78. The van der Waals surface area contributed by atoms with Crippen molar-refractivity contribution in [3.05, 3.63) is 0 Å². The first-order valence-corrected chi connectivity index (χ1v) is 6.07. The van der Waals surface area contributed by atoms with Gasteiger partial charge in [0.05, 0.1) is 5.60 Å². The zero-order chi connectivity index (χ0) is 11.5. The molecule has 0 aromatic heterocycles. The third kappa shape index (κ3) is 3.74. The maximum Gasteiger partial charge on any atom is 0.0768 e. The molecule has 1 rings (SSSR count). The summed E-state index contributed by atoms with van der Waals surface area (Å²) in [4.78, 5) is 2.38. The Morgan fingerprint density at radius 3 is 2.33 bits per heavy atom. The summed E-state index contributed by atoms with van der Waals surface area (Å²) >= 11 is 0. The van der Waals surface area contributed by atoms with E-state index in [2.05, 4.69) is 24.1 Å². The van der Waals surface area contributed by atoms with E-state index in [1.54, 1.807) is 0 Å². The number of β-amino-alcohol motifs (C(OH)–C–C–N with tert-alkyl or cyclic N) is 1. The summed E-state index contributed by atoms with van der Waals surface area (Å²) in [6.07, 6.45) is 2.40. The lowest BCUT2D eigenvalue weighted by molar-refractivity contribution is -0.0241. The minimum atomic E-state index is -0.549. The van der Waals surface area contributed by atoms with E-state index in [-0.39, 0.29) is 0 Å². The van der Waals surface area contributed by atoms with E-state index in [1.165, 1.54) is 12.8 Å². The van der Waals surface area contributed by atoms with Crippen LogP contribution in [0, 0.1) is 5.92 Å². The highest BCUT2D eigenvalue weighted by atomic mass is 16.3. The van der Waals surface area contributed by atoms with Crippen molar-refractivity contribution in [2.75, 3.05) is 26.7 Å². The standard InChI is InChI=1S/C12H26N2O/c1-10(2)12(3,15)9-14-7-5-11(13-4)6-8-14/h10-11,13,15H,5-9H2,1-4H3. The number of hydrogen-bond acceptors (Lipinski definition) is 3. The Morgan fingerprint density at radius 1 is 1.40 bits per heavy atom. The molecular weight excluding hydrogens is 188 g/mol. The van der Waals surface area contributed by atoms with E-state index in [0.717, 1.165) is 19.6 Å². The van der Waals surface area contributed by atoms with Gasteiger partial charge in [-0.25, -0.2) is 0 Å². The third-order valence-electron chi connectivity index (χ3n) is 3.78. The average Bonchev–Trinajstić information content (AvgIpc) is 2.18. The number of nitrogens with zero attached hydrogens (tertiary/aromatic N) is 1. The van der Waals surface area contributed by atoms with E-state index in [4.69, 9.17) is 0 Å². The Balaban J connectivity index is 2.35. The Morgan fingerprint density at radius 2 is 1.93 bits per heavy atom. The monoisotopic (exact) mass is 214 g/mol. The Hall–Kier alpha value is -0.120. The summed E-state index contributed by atoms with van der Waals surface area (Å²) in [5.74, 6) is 0.319. The van der Waals surface area contributed by atoms with Gasteiger partial charge in [0.15, 0.2) is 0 Å². The van der Waals surface area contributed by atoms with Crippen LogP contribution in [-0.2, 0) is 0 Å². The fraction of sp³-hybridized carbons (Fsp3) is 1.00. The largest absolute Gasteiger partial charge is 0.389 e. The lowest BCUT2D eigenvalue weighted by Crippen LogP contribution is -2.49. The highest BCUT2D eigenvalue weighted by Crippen LogP contribution is 2.20. The van der Waals surface area contributed by atoms with Crippen LogP contribution in [-0.4, -0.2) is 48.3 Å². The number of nitrogens with one attached hydrogen (secondary N) is 1. The van der Waals surface area contributed by atoms with Crippen LogP contribution in [0.25, 0.3) is 0 Å². The molecule has 0 spiro atoms. The van der Waals surface area contributed by atoms with Gasteiger partial charge in [0, 0.05) is 12.6 Å². The molecule has 3 nitrogen and oxygen atoms in total. The molecule has 0 aliphatic carbocycles. The van der Waals surface area contributed by atoms with Crippen molar-refractivity contribution < 1.29 is 5.11 Å². The van der Waals surface area contributed by atoms with Crippen LogP contribution in [0.2, 0.25) is 0 Å².